The quantitative estimate of drug-likeness (QED) is 0.733. The Bertz CT molecular complexity index is 798. The summed E-state index contributed by atoms with van der Waals surface area (Å²) in [6.45, 7) is 5.35. The van der Waals surface area contributed by atoms with Crippen molar-refractivity contribution < 1.29 is 14.3 Å². The van der Waals surface area contributed by atoms with Gasteiger partial charge in [0.05, 0.1) is 18.1 Å². The lowest BCUT2D eigenvalue weighted by molar-refractivity contribution is -0.160. The van der Waals surface area contributed by atoms with Crippen LogP contribution in [0.25, 0.3) is 0 Å². The van der Waals surface area contributed by atoms with Crippen LogP contribution in [-0.4, -0.2) is 35.9 Å². The fourth-order valence-electron chi connectivity index (χ4n) is 7.37. The van der Waals surface area contributed by atoms with Crippen LogP contribution in [0.4, 0.5) is 0 Å². The van der Waals surface area contributed by atoms with Crippen LogP contribution in [0, 0.1) is 23.2 Å². The minimum atomic E-state index is -0.314. The van der Waals surface area contributed by atoms with Crippen molar-refractivity contribution in [3.05, 3.63) is 29.8 Å². The molecule has 0 unspecified atom stereocenters. The van der Waals surface area contributed by atoms with E-state index in [4.69, 9.17) is 4.74 Å². The molecule has 0 radical (unpaired) electrons. The fraction of sp³-hybridized carbons (Fsp3) is 0.692. The maximum Gasteiger partial charge on any atom is 0.243 e. The molecule has 4 bridgehead atoms. The Balaban J connectivity index is 1.25. The van der Waals surface area contributed by atoms with E-state index in [0.717, 1.165) is 67.7 Å². The Morgan fingerprint density at radius 2 is 1.71 bits per heavy atom. The summed E-state index contributed by atoms with van der Waals surface area (Å²) in [7, 11) is 0. The van der Waals surface area contributed by atoms with Crippen molar-refractivity contribution in [1.29, 1.82) is 0 Å². The number of carbonyl (C=O) groups is 2. The number of nitrogens with one attached hydrogen (secondary N) is 1. The first-order valence-corrected chi connectivity index (χ1v) is 12.3. The van der Waals surface area contributed by atoms with Crippen molar-refractivity contribution in [2.45, 2.75) is 77.3 Å². The zero-order chi connectivity index (χ0) is 21.6. The summed E-state index contributed by atoms with van der Waals surface area (Å²) in [5.41, 5.74) is 0.881. The summed E-state index contributed by atoms with van der Waals surface area (Å²) in [5, 5.41) is 3.17. The Morgan fingerprint density at radius 1 is 1.10 bits per heavy atom. The lowest BCUT2D eigenvalue weighted by Gasteiger charge is -2.56. The van der Waals surface area contributed by atoms with E-state index in [-0.39, 0.29) is 29.3 Å². The monoisotopic (exact) mass is 424 g/mol. The Morgan fingerprint density at radius 3 is 2.29 bits per heavy atom. The first kappa shape index (κ1) is 20.8. The minimum absolute atomic E-state index is 0.00281. The summed E-state index contributed by atoms with van der Waals surface area (Å²) >= 11 is 0. The highest BCUT2D eigenvalue weighted by atomic mass is 16.5. The van der Waals surface area contributed by atoms with Crippen LogP contribution < -0.4 is 10.1 Å². The molecule has 1 aromatic rings. The van der Waals surface area contributed by atoms with Gasteiger partial charge in [0.1, 0.15) is 11.8 Å². The zero-order valence-corrected chi connectivity index (χ0v) is 18.9. The van der Waals surface area contributed by atoms with Crippen LogP contribution in [0.15, 0.2) is 24.3 Å². The average Bonchev–Trinajstić information content (AvgIpc) is 3.23. The van der Waals surface area contributed by atoms with Crippen molar-refractivity contribution >= 4 is 11.8 Å². The summed E-state index contributed by atoms with van der Waals surface area (Å²) < 4.78 is 5.51. The molecule has 6 rings (SSSR count). The van der Waals surface area contributed by atoms with Gasteiger partial charge in [-0.3, -0.25) is 9.59 Å². The molecule has 2 amide bonds. The first-order chi connectivity index (χ1) is 15.0. The normalized spacial score (nSPS) is 34.6. The molecule has 1 heterocycles. The van der Waals surface area contributed by atoms with Crippen molar-refractivity contribution in [3.8, 4) is 5.75 Å². The number of rotatable bonds is 6. The van der Waals surface area contributed by atoms with Crippen molar-refractivity contribution in [3.63, 3.8) is 0 Å². The Labute approximate surface area is 185 Å². The van der Waals surface area contributed by atoms with Crippen molar-refractivity contribution in [2.24, 2.45) is 23.2 Å². The van der Waals surface area contributed by atoms with E-state index in [0.29, 0.717) is 6.61 Å². The molecular formula is C26H36N2O3. The molecule has 5 nitrogen and oxygen atoms in total. The third kappa shape index (κ3) is 3.85. The molecule has 1 aliphatic heterocycles. The number of benzene rings is 1. The van der Waals surface area contributed by atoms with Crippen molar-refractivity contribution in [2.75, 3.05) is 13.2 Å². The van der Waals surface area contributed by atoms with Gasteiger partial charge in [-0.2, -0.15) is 0 Å². The molecule has 168 valence electrons. The van der Waals surface area contributed by atoms with Gasteiger partial charge in [-0.05, 0) is 101 Å². The topological polar surface area (TPSA) is 58.6 Å². The highest BCUT2D eigenvalue weighted by molar-refractivity contribution is 5.91. The smallest absolute Gasteiger partial charge is 0.243 e. The van der Waals surface area contributed by atoms with Gasteiger partial charge in [-0.15, -0.1) is 0 Å². The van der Waals surface area contributed by atoms with Gasteiger partial charge in [-0.1, -0.05) is 12.1 Å². The van der Waals surface area contributed by atoms with Crippen molar-refractivity contribution in [1.82, 2.24) is 10.2 Å². The van der Waals surface area contributed by atoms with Crippen LogP contribution in [0.1, 0.15) is 76.8 Å². The SMILES string of the molecule is CCOc1ccc([C@@H](C)NC(=O)[C@H]2CCCN2C(=O)C23CC4CC(CC(C4)C2)C3)cc1. The van der Waals surface area contributed by atoms with Gasteiger partial charge in [0.2, 0.25) is 11.8 Å². The van der Waals surface area contributed by atoms with E-state index >= 15 is 0 Å². The predicted molar refractivity (Wildman–Crippen MR) is 120 cm³/mol. The predicted octanol–water partition coefficient (Wildman–Crippen LogP) is 4.47. The van der Waals surface area contributed by atoms with E-state index in [1.807, 2.05) is 43.0 Å². The average molecular weight is 425 g/mol. The summed E-state index contributed by atoms with van der Waals surface area (Å²) in [4.78, 5) is 29.0. The number of ether oxygens (including phenoxy) is 1. The molecule has 1 aromatic carbocycles. The first-order valence-electron chi connectivity index (χ1n) is 12.3. The largest absolute Gasteiger partial charge is 0.494 e. The third-order valence-corrected chi connectivity index (χ3v) is 8.36. The van der Waals surface area contributed by atoms with Gasteiger partial charge < -0.3 is 15.0 Å². The van der Waals surface area contributed by atoms with Crippen LogP contribution in [0.3, 0.4) is 0 Å². The van der Waals surface area contributed by atoms with Gasteiger partial charge in [0.15, 0.2) is 0 Å². The molecule has 4 aliphatic carbocycles. The Kier molecular flexibility index (Phi) is 5.47. The molecule has 5 aliphatic rings. The molecule has 0 aromatic heterocycles. The van der Waals surface area contributed by atoms with Crippen LogP contribution in [-0.2, 0) is 9.59 Å². The third-order valence-electron chi connectivity index (χ3n) is 8.36. The molecule has 5 fully saturated rings. The zero-order valence-electron chi connectivity index (χ0n) is 18.9. The number of hydrogen-bond acceptors (Lipinski definition) is 3. The van der Waals surface area contributed by atoms with Crippen LogP contribution in [0.2, 0.25) is 0 Å². The summed E-state index contributed by atoms with van der Waals surface area (Å²) in [5.74, 6) is 3.35. The highest BCUT2D eigenvalue weighted by Gasteiger charge is 2.56. The molecule has 1 saturated heterocycles. The van der Waals surface area contributed by atoms with E-state index < -0.39 is 0 Å². The van der Waals surface area contributed by atoms with E-state index in [1.165, 1.54) is 19.3 Å². The van der Waals surface area contributed by atoms with Crippen LogP contribution >= 0.6 is 0 Å². The van der Waals surface area contributed by atoms with Gasteiger partial charge in [-0.25, -0.2) is 0 Å². The standard InChI is InChI=1S/C26H36N2O3/c1-3-31-22-8-6-21(7-9-22)17(2)27-24(29)23-5-4-10-28(23)25(30)26-14-18-11-19(15-26)13-20(12-18)16-26/h6-9,17-20,23H,3-5,10-16H2,1-2H3,(H,27,29)/t17-,18?,19?,20?,23-,26?/m1/s1. The molecule has 4 saturated carbocycles. The lowest BCUT2D eigenvalue weighted by atomic mass is 9.49. The maximum absolute atomic E-state index is 13.8. The number of carbonyl (C=O) groups excluding carboxylic acids is 2. The molecule has 5 heteroatoms. The van der Waals surface area contributed by atoms with Gasteiger partial charge in [0, 0.05) is 6.54 Å². The van der Waals surface area contributed by atoms with E-state index in [2.05, 4.69) is 5.32 Å². The highest BCUT2D eigenvalue weighted by Crippen LogP contribution is 2.60. The van der Waals surface area contributed by atoms with Crippen LogP contribution in [0.5, 0.6) is 5.75 Å². The van der Waals surface area contributed by atoms with E-state index in [1.54, 1.807) is 0 Å². The minimum Gasteiger partial charge on any atom is -0.494 e. The summed E-state index contributed by atoms with van der Waals surface area (Å²) in [6, 6.07) is 7.48. The molecule has 31 heavy (non-hydrogen) atoms. The summed E-state index contributed by atoms with van der Waals surface area (Å²) in [6.07, 6.45) is 8.87. The molecule has 0 spiro atoms. The van der Waals surface area contributed by atoms with E-state index in [9.17, 15) is 9.59 Å². The fourth-order valence-corrected chi connectivity index (χ4v) is 7.37. The number of amides is 2. The molecule has 1 N–H and O–H groups in total. The number of likely N-dealkylation sites (tertiary alicyclic amines) is 1. The molecular weight excluding hydrogens is 388 g/mol. The van der Waals surface area contributed by atoms with Gasteiger partial charge >= 0.3 is 0 Å². The second-order valence-corrected chi connectivity index (χ2v) is 10.6. The second kappa shape index (κ2) is 8.14. The Hall–Kier alpha value is -2.04. The second-order valence-electron chi connectivity index (χ2n) is 10.6. The molecule has 2 atom stereocenters. The maximum atomic E-state index is 13.8. The number of nitrogens with zero attached hydrogens (tertiary/aromatic N) is 1. The lowest BCUT2D eigenvalue weighted by Crippen LogP contribution is -2.57. The van der Waals surface area contributed by atoms with Gasteiger partial charge in [0.25, 0.3) is 0 Å². The number of hydrogen-bond donors (Lipinski definition) is 1.